The first-order valence-corrected chi connectivity index (χ1v) is 18.4. The van der Waals surface area contributed by atoms with Gasteiger partial charge < -0.3 is 24.5 Å². The van der Waals surface area contributed by atoms with Crippen molar-refractivity contribution in [3.05, 3.63) is 93.7 Å². The molecule has 11 heteroatoms. The molecule has 2 aliphatic heterocycles. The predicted octanol–water partition coefficient (Wildman–Crippen LogP) is 7.46. The standard InChI is InChI=1S/C38H41ClN6O3S/c1-43-36-29-13-14-30(39)34(36)35-31(42-45-15-7-6-12-32(35)45)21-40-20-24-18-25(44(2)41-24)22-49-26-17-23-9-4-5-10-27(23)33(19-26)48-16-8-11-28(29)37(43)38(46)47-3/h4-5,9-10,13-14,17-19,38,40,46H,6-8,11-12,15-16,20-22H2,1-3H3. The first kappa shape index (κ1) is 32.4. The number of fused-ring (bicyclic) bond motifs is 10. The Morgan fingerprint density at radius 3 is 2.73 bits per heavy atom. The van der Waals surface area contributed by atoms with E-state index in [2.05, 4.69) is 63.1 Å². The van der Waals surface area contributed by atoms with Gasteiger partial charge in [-0.3, -0.25) is 9.36 Å². The first-order chi connectivity index (χ1) is 23.9. The molecule has 1 atom stereocenters. The van der Waals surface area contributed by atoms with E-state index in [0.29, 0.717) is 31.1 Å². The molecular weight excluding hydrogens is 656 g/mol. The van der Waals surface area contributed by atoms with E-state index < -0.39 is 6.29 Å². The van der Waals surface area contributed by atoms with Gasteiger partial charge in [0, 0.05) is 84.8 Å². The van der Waals surface area contributed by atoms with Crippen molar-refractivity contribution in [2.24, 2.45) is 14.1 Å². The third-order valence-electron chi connectivity index (χ3n) is 9.97. The predicted molar refractivity (Wildman–Crippen MR) is 195 cm³/mol. The molecule has 6 aromatic rings. The highest BCUT2D eigenvalue weighted by molar-refractivity contribution is 7.98. The van der Waals surface area contributed by atoms with Gasteiger partial charge >= 0.3 is 0 Å². The SMILES string of the molecule is COC(O)c1c2c3ccc(Cl)c(c3n1C)-c1c(nn3c1CCCC3)CNCc1cc(n(C)n1)CSc1cc(c3ccccc3c1)OCCC2. The normalized spacial score (nSPS) is 16.3. The number of aryl methyl sites for hydroxylation is 4. The van der Waals surface area contributed by atoms with Crippen molar-refractivity contribution in [3.63, 3.8) is 0 Å². The molecule has 0 aliphatic carbocycles. The molecule has 0 amide bonds. The second-order valence-electron chi connectivity index (χ2n) is 13.0. The van der Waals surface area contributed by atoms with E-state index >= 15 is 0 Å². The van der Waals surface area contributed by atoms with Crippen LogP contribution < -0.4 is 10.1 Å². The minimum atomic E-state index is -1.09. The van der Waals surface area contributed by atoms with Gasteiger partial charge in [-0.25, -0.2) is 0 Å². The van der Waals surface area contributed by atoms with Crippen LogP contribution in [0.15, 0.2) is 59.5 Å². The number of methoxy groups -OCH3 is 1. The third-order valence-corrected chi connectivity index (χ3v) is 11.3. The summed E-state index contributed by atoms with van der Waals surface area (Å²) < 4.78 is 18.3. The maximum absolute atomic E-state index is 11.2. The second-order valence-corrected chi connectivity index (χ2v) is 14.5. The Morgan fingerprint density at radius 1 is 0.980 bits per heavy atom. The number of aromatic nitrogens is 5. The highest BCUT2D eigenvalue weighted by Crippen LogP contribution is 2.44. The summed E-state index contributed by atoms with van der Waals surface area (Å²) in [7, 11) is 5.55. The Kier molecular flexibility index (Phi) is 8.92. The van der Waals surface area contributed by atoms with Crippen LogP contribution >= 0.6 is 23.4 Å². The monoisotopic (exact) mass is 696 g/mol. The van der Waals surface area contributed by atoms with Crippen molar-refractivity contribution in [1.29, 1.82) is 0 Å². The lowest BCUT2D eigenvalue weighted by Crippen LogP contribution is -2.15. The molecule has 0 spiro atoms. The zero-order chi connectivity index (χ0) is 33.6. The Balaban J connectivity index is 1.27. The molecule has 8 bridgehead atoms. The molecule has 2 N–H and O–H groups in total. The fraction of sp³-hybridized carbons (Fsp3) is 0.368. The molecule has 8 rings (SSSR count). The van der Waals surface area contributed by atoms with Gasteiger partial charge in [0.05, 0.1) is 34.2 Å². The average Bonchev–Trinajstić information content (AvgIpc) is 3.75. The Labute approximate surface area is 295 Å². The van der Waals surface area contributed by atoms with Gasteiger partial charge in [0.1, 0.15) is 5.75 Å². The third kappa shape index (κ3) is 5.93. The number of rotatable bonds is 2. The molecule has 0 saturated heterocycles. The number of nitrogens with zero attached hydrogens (tertiary/aromatic N) is 5. The molecule has 0 radical (unpaired) electrons. The lowest BCUT2D eigenvalue weighted by atomic mass is 9.95. The van der Waals surface area contributed by atoms with Crippen LogP contribution in [0.2, 0.25) is 5.02 Å². The summed E-state index contributed by atoms with van der Waals surface area (Å²) in [4.78, 5) is 1.15. The Morgan fingerprint density at radius 2 is 1.86 bits per heavy atom. The van der Waals surface area contributed by atoms with Crippen molar-refractivity contribution in [2.45, 2.75) is 68.7 Å². The van der Waals surface area contributed by atoms with Crippen molar-refractivity contribution in [1.82, 2.24) is 29.4 Å². The number of halogens is 1. The summed E-state index contributed by atoms with van der Waals surface area (Å²) in [5, 5.41) is 28.8. The average molecular weight is 697 g/mol. The molecule has 5 heterocycles. The molecule has 49 heavy (non-hydrogen) atoms. The fourth-order valence-electron chi connectivity index (χ4n) is 7.65. The topological polar surface area (TPSA) is 91.3 Å². The molecule has 0 saturated carbocycles. The van der Waals surface area contributed by atoms with Gasteiger partial charge in [0.2, 0.25) is 0 Å². The van der Waals surface area contributed by atoms with Crippen molar-refractivity contribution >= 4 is 45.0 Å². The van der Waals surface area contributed by atoms with Crippen LogP contribution in [-0.2, 0) is 57.1 Å². The largest absolute Gasteiger partial charge is 0.493 e. The zero-order valence-electron chi connectivity index (χ0n) is 28.1. The van der Waals surface area contributed by atoms with Gasteiger partial charge in [0.15, 0.2) is 6.29 Å². The maximum Gasteiger partial charge on any atom is 0.196 e. The summed E-state index contributed by atoms with van der Waals surface area (Å²) in [5.41, 5.74) is 9.14. The van der Waals surface area contributed by atoms with E-state index in [1.165, 1.54) is 12.8 Å². The number of aliphatic hydroxyl groups is 1. The van der Waals surface area contributed by atoms with Gasteiger partial charge in [-0.2, -0.15) is 10.2 Å². The molecule has 3 aromatic heterocycles. The molecule has 0 fully saturated rings. The highest BCUT2D eigenvalue weighted by atomic mass is 35.5. The second kappa shape index (κ2) is 13.5. The molecule has 2 aliphatic rings. The minimum Gasteiger partial charge on any atom is -0.493 e. The molecule has 1 unspecified atom stereocenters. The summed E-state index contributed by atoms with van der Waals surface area (Å²) in [6.45, 7) is 2.60. The lowest BCUT2D eigenvalue weighted by Gasteiger charge is -2.17. The number of hydrogen-bond donors (Lipinski definition) is 2. The number of benzene rings is 3. The quantitative estimate of drug-likeness (QED) is 0.182. The van der Waals surface area contributed by atoms with Gasteiger partial charge in [-0.1, -0.05) is 41.9 Å². The smallest absolute Gasteiger partial charge is 0.196 e. The maximum atomic E-state index is 11.2. The van der Waals surface area contributed by atoms with Gasteiger partial charge in [-0.15, -0.1) is 11.8 Å². The van der Waals surface area contributed by atoms with E-state index in [0.717, 1.165) is 110 Å². The summed E-state index contributed by atoms with van der Waals surface area (Å²) >= 11 is 8.96. The summed E-state index contributed by atoms with van der Waals surface area (Å²) in [6.07, 6.45) is 3.51. The number of thioether (sulfide) groups is 1. The van der Waals surface area contributed by atoms with Crippen molar-refractivity contribution in [3.8, 4) is 16.9 Å². The Bertz CT molecular complexity index is 2190. The van der Waals surface area contributed by atoms with Gasteiger partial charge in [0.25, 0.3) is 0 Å². The number of ether oxygens (including phenoxy) is 2. The molecule has 3 aromatic carbocycles. The summed E-state index contributed by atoms with van der Waals surface area (Å²) in [6, 6.07) is 19.0. The van der Waals surface area contributed by atoms with Crippen molar-refractivity contribution in [2.75, 3.05) is 13.7 Å². The van der Waals surface area contributed by atoms with E-state index in [9.17, 15) is 5.11 Å². The first-order valence-electron chi connectivity index (χ1n) is 17.0. The number of nitrogens with one attached hydrogen (secondary N) is 1. The van der Waals surface area contributed by atoms with Gasteiger partial charge in [-0.05, 0) is 67.3 Å². The Hall–Kier alpha value is -3.80. The number of aliphatic hydroxyl groups excluding tert-OH is 1. The minimum absolute atomic E-state index is 0.523. The molecule has 254 valence electrons. The van der Waals surface area contributed by atoms with Crippen LogP contribution in [0.3, 0.4) is 0 Å². The summed E-state index contributed by atoms with van der Waals surface area (Å²) in [5.74, 6) is 1.67. The van der Waals surface area contributed by atoms with Crippen molar-refractivity contribution < 1.29 is 14.6 Å². The molecule has 9 nitrogen and oxygen atoms in total. The van der Waals surface area contributed by atoms with Crippen LogP contribution in [0, 0.1) is 0 Å². The number of hydrogen-bond acceptors (Lipinski definition) is 7. The van der Waals surface area contributed by atoms with E-state index in [4.69, 9.17) is 31.3 Å². The fourth-order valence-corrected chi connectivity index (χ4v) is 8.88. The van der Waals surface area contributed by atoms with Crippen LogP contribution in [-0.4, -0.2) is 43.0 Å². The van der Waals surface area contributed by atoms with Crippen LogP contribution in [0.1, 0.15) is 59.6 Å². The van der Waals surface area contributed by atoms with E-state index in [-0.39, 0.29) is 0 Å². The van der Waals surface area contributed by atoms with Crippen LogP contribution in [0.5, 0.6) is 5.75 Å². The van der Waals surface area contributed by atoms with Crippen LogP contribution in [0.4, 0.5) is 0 Å². The zero-order valence-corrected chi connectivity index (χ0v) is 29.7. The van der Waals surface area contributed by atoms with Crippen LogP contribution in [0.25, 0.3) is 32.8 Å². The lowest BCUT2D eigenvalue weighted by molar-refractivity contribution is -0.0818. The molecular formula is C38H41ClN6O3S. The highest BCUT2D eigenvalue weighted by Gasteiger charge is 2.29. The van der Waals surface area contributed by atoms with E-state index in [1.807, 2.05) is 24.8 Å². The van der Waals surface area contributed by atoms with E-state index in [1.54, 1.807) is 11.8 Å².